The molecule has 2 rings (SSSR count). The van der Waals surface area contributed by atoms with Gasteiger partial charge in [0.25, 0.3) is 0 Å². The Bertz CT molecular complexity index is 693. The summed E-state index contributed by atoms with van der Waals surface area (Å²) < 4.78 is 5.37. The topological polar surface area (TPSA) is 82.6 Å². The smallest absolute Gasteiger partial charge is 0.311 e. The molecule has 124 valence electrons. The third-order valence-electron chi connectivity index (χ3n) is 3.82. The van der Waals surface area contributed by atoms with Crippen LogP contribution in [0, 0.1) is 0 Å². The Hall–Kier alpha value is -2.34. The van der Waals surface area contributed by atoms with Crippen LogP contribution in [0.5, 0.6) is 5.75 Å². The molecule has 2 aromatic rings. The number of hydrogen-bond donors (Lipinski definition) is 2. The average Bonchev–Trinajstić information content (AvgIpc) is 2.95. The van der Waals surface area contributed by atoms with Gasteiger partial charge in [0.1, 0.15) is 5.75 Å². The molecule has 0 fully saturated rings. The first-order chi connectivity index (χ1) is 11.0. The van der Waals surface area contributed by atoms with Crippen LogP contribution in [0.25, 0.3) is 10.9 Å². The van der Waals surface area contributed by atoms with Crippen molar-refractivity contribution in [2.75, 3.05) is 20.1 Å². The number of rotatable bonds is 8. The van der Waals surface area contributed by atoms with Gasteiger partial charge in [-0.05, 0) is 37.7 Å². The van der Waals surface area contributed by atoms with Gasteiger partial charge in [-0.3, -0.25) is 9.59 Å². The Labute approximate surface area is 135 Å². The van der Waals surface area contributed by atoms with E-state index in [2.05, 4.69) is 23.9 Å². The summed E-state index contributed by atoms with van der Waals surface area (Å²) in [6, 6.07) is 5.47. The number of hydrogen-bond acceptors (Lipinski definition) is 4. The van der Waals surface area contributed by atoms with Crippen molar-refractivity contribution in [2.24, 2.45) is 0 Å². The quantitative estimate of drug-likeness (QED) is 0.577. The van der Waals surface area contributed by atoms with Crippen LogP contribution in [0.3, 0.4) is 0 Å². The number of esters is 1. The van der Waals surface area contributed by atoms with Crippen LogP contribution in [0.15, 0.2) is 24.4 Å². The fourth-order valence-corrected chi connectivity index (χ4v) is 2.35. The predicted octanol–water partition coefficient (Wildman–Crippen LogP) is 2.43. The highest BCUT2D eigenvalue weighted by Crippen LogP contribution is 2.29. The van der Waals surface area contributed by atoms with Gasteiger partial charge < -0.3 is 19.7 Å². The monoisotopic (exact) mass is 318 g/mol. The Balaban J connectivity index is 2.17. The zero-order valence-corrected chi connectivity index (χ0v) is 13.5. The van der Waals surface area contributed by atoms with Crippen molar-refractivity contribution >= 4 is 22.8 Å². The van der Waals surface area contributed by atoms with E-state index in [0.29, 0.717) is 5.75 Å². The number of nitrogens with zero attached hydrogens (tertiary/aromatic N) is 1. The number of benzene rings is 1. The van der Waals surface area contributed by atoms with Crippen LogP contribution < -0.4 is 4.74 Å². The van der Waals surface area contributed by atoms with E-state index in [0.717, 1.165) is 36.0 Å². The fourth-order valence-electron chi connectivity index (χ4n) is 2.35. The van der Waals surface area contributed by atoms with Crippen LogP contribution in [0.4, 0.5) is 0 Å². The zero-order valence-electron chi connectivity index (χ0n) is 13.5. The lowest BCUT2D eigenvalue weighted by molar-refractivity contribution is -0.142. The van der Waals surface area contributed by atoms with Crippen LogP contribution in [-0.2, 0) is 16.0 Å². The maximum absolute atomic E-state index is 11.8. The first kappa shape index (κ1) is 17.0. The fraction of sp³-hybridized carbons (Fsp3) is 0.412. The van der Waals surface area contributed by atoms with Gasteiger partial charge in [-0.1, -0.05) is 13.0 Å². The summed E-state index contributed by atoms with van der Waals surface area (Å²) in [6.45, 7) is 3.98. The molecule has 1 heterocycles. The molecule has 1 aromatic heterocycles. The largest absolute Gasteiger partial charge is 0.481 e. The normalized spacial score (nSPS) is 11.1. The van der Waals surface area contributed by atoms with Crippen molar-refractivity contribution < 1.29 is 19.4 Å². The van der Waals surface area contributed by atoms with E-state index in [1.807, 2.05) is 12.3 Å². The first-order valence-corrected chi connectivity index (χ1v) is 7.71. The number of aromatic nitrogens is 1. The molecule has 0 radical (unpaired) electrons. The van der Waals surface area contributed by atoms with Gasteiger partial charge in [-0.25, -0.2) is 0 Å². The molecule has 6 nitrogen and oxygen atoms in total. The predicted molar refractivity (Wildman–Crippen MR) is 87.7 cm³/mol. The Morgan fingerprint density at radius 3 is 2.78 bits per heavy atom. The van der Waals surface area contributed by atoms with Crippen molar-refractivity contribution in [3.05, 3.63) is 30.0 Å². The van der Waals surface area contributed by atoms with Crippen LogP contribution >= 0.6 is 0 Å². The highest BCUT2D eigenvalue weighted by Gasteiger charge is 2.14. The van der Waals surface area contributed by atoms with E-state index in [1.54, 1.807) is 12.1 Å². The van der Waals surface area contributed by atoms with Crippen molar-refractivity contribution in [2.45, 2.75) is 26.2 Å². The second-order valence-corrected chi connectivity index (χ2v) is 5.51. The molecule has 23 heavy (non-hydrogen) atoms. The van der Waals surface area contributed by atoms with Crippen molar-refractivity contribution in [1.82, 2.24) is 9.88 Å². The lowest BCUT2D eigenvalue weighted by Gasteiger charge is -2.13. The van der Waals surface area contributed by atoms with Gasteiger partial charge in [0.05, 0.1) is 12.8 Å². The number of aromatic amines is 1. The van der Waals surface area contributed by atoms with Crippen LogP contribution in [0.1, 0.15) is 25.3 Å². The molecule has 0 bridgehead atoms. The maximum atomic E-state index is 11.8. The number of H-pyrrole nitrogens is 1. The minimum absolute atomic E-state index is 0.135. The van der Waals surface area contributed by atoms with Gasteiger partial charge in [0, 0.05) is 23.6 Å². The Kier molecular flexibility index (Phi) is 5.76. The van der Waals surface area contributed by atoms with Gasteiger partial charge in [0.15, 0.2) is 0 Å². The number of carboxylic acids is 1. The molecule has 0 amide bonds. The second-order valence-electron chi connectivity index (χ2n) is 5.51. The summed E-state index contributed by atoms with van der Waals surface area (Å²) in [5, 5.41) is 9.53. The molecule has 0 aliphatic rings. The summed E-state index contributed by atoms with van der Waals surface area (Å²) >= 11 is 0. The van der Waals surface area contributed by atoms with Crippen LogP contribution in [0.2, 0.25) is 0 Å². The Morgan fingerprint density at radius 1 is 1.30 bits per heavy atom. The highest BCUT2D eigenvalue weighted by atomic mass is 16.5. The minimum Gasteiger partial charge on any atom is -0.481 e. The molecule has 0 saturated carbocycles. The van der Waals surface area contributed by atoms with Gasteiger partial charge >= 0.3 is 11.9 Å². The summed E-state index contributed by atoms with van der Waals surface area (Å²) in [5.74, 6) is -1.06. The zero-order chi connectivity index (χ0) is 16.8. The highest BCUT2D eigenvalue weighted by molar-refractivity contribution is 5.91. The molecule has 0 saturated heterocycles. The van der Waals surface area contributed by atoms with E-state index < -0.39 is 11.9 Å². The first-order valence-electron chi connectivity index (χ1n) is 7.71. The number of fused-ring (bicyclic) bond motifs is 1. The van der Waals surface area contributed by atoms with Gasteiger partial charge in [0.2, 0.25) is 0 Å². The molecule has 2 N–H and O–H groups in total. The number of aliphatic carboxylic acids is 1. The van der Waals surface area contributed by atoms with Gasteiger partial charge in [-0.2, -0.15) is 0 Å². The summed E-state index contributed by atoms with van der Waals surface area (Å²) in [5.41, 5.74) is 1.99. The molecular weight excluding hydrogens is 296 g/mol. The average molecular weight is 318 g/mol. The molecule has 0 atom stereocenters. The third-order valence-corrected chi connectivity index (χ3v) is 3.82. The second kappa shape index (κ2) is 7.78. The summed E-state index contributed by atoms with van der Waals surface area (Å²) in [6.07, 6.45) is 2.41. The number of likely N-dealkylation sites (N-methyl/N-ethyl adjacent to an activating group) is 1. The third kappa shape index (κ3) is 4.56. The van der Waals surface area contributed by atoms with E-state index in [4.69, 9.17) is 9.84 Å². The summed E-state index contributed by atoms with van der Waals surface area (Å²) in [4.78, 5) is 27.7. The molecule has 6 heteroatoms. The molecular formula is C17H22N2O4. The van der Waals surface area contributed by atoms with E-state index >= 15 is 0 Å². The maximum Gasteiger partial charge on any atom is 0.311 e. The number of carboxylic acid groups (broad SMARTS) is 1. The molecule has 0 aliphatic carbocycles. The lowest BCUT2D eigenvalue weighted by atomic mass is 10.1. The van der Waals surface area contributed by atoms with E-state index in [9.17, 15) is 9.59 Å². The van der Waals surface area contributed by atoms with E-state index in [-0.39, 0.29) is 12.8 Å². The minimum atomic E-state index is -1.01. The molecule has 0 unspecified atom stereocenters. The standard InChI is InChI=1S/C17H22N2O4/c1-3-19(2)10-9-12-11-18-13-5-4-6-14(17(12)13)23-16(22)8-7-15(20)21/h4-6,11,18H,3,7-10H2,1-2H3,(H,20,21). The van der Waals surface area contributed by atoms with Crippen molar-refractivity contribution in [3.63, 3.8) is 0 Å². The SMILES string of the molecule is CCN(C)CCc1c[nH]c2cccc(OC(=O)CCC(=O)O)c12. The molecule has 0 spiro atoms. The van der Waals surface area contributed by atoms with Crippen LogP contribution in [-0.4, -0.2) is 47.1 Å². The number of carbonyl (C=O) groups is 2. The molecule has 1 aromatic carbocycles. The number of nitrogens with one attached hydrogen (secondary N) is 1. The molecule has 0 aliphatic heterocycles. The number of carbonyl (C=O) groups excluding carboxylic acids is 1. The van der Waals surface area contributed by atoms with Gasteiger partial charge in [-0.15, -0.1) is 0 Å². The number of ether oxygens (including phenoxy) is 1. The Morgan fingerprint density at radius 2 is 2.09 bits per heavy atom. The lowest BCUT2D eigenvalue weighted by Crippen LogP contribution is -2.20. The van der Waals surface area contributed by atoms with Crippen molar-refractivity contribution in [3.8, 4) is 5.75 Å². The summed E-state index contributed by atoms with van der Waals surface area (Å²) in [7, 11) is 2.06. The van der Waals surface area contributed by atoms with E-state index in [1.165, 1.54) is 0 Å². The van der Waals surface area contributed by atoms with Crippen molar-refractivity contribution in [1.29, 1.82) is 0 Å².